The van der Waals surface area contributed by atoms with Gasteiger partial charge in [0.1, 0.15) is 0 Å². The van der Waals surface area contributed by atoms with Gasteiger partial charge in [0, 0.05) is 70.3 Å². The summed E-state index contributed by atoms with van der Waals surface area (Å²) < 4.78 is 28.4. The van der Waals surface area contributed by atoms with E-state index in [9.17, 15) is 8.42 Å². The number of nitrogens with zero attached hydrogens (tertiary/aromatic N) is 5. The predicted octanol–water partition coefficient (Wildman–Crippen LogP) is 0.757. The van der Waals surface area contributed by atoms with Crippen LogP contribution < -0.4 is 5.32 Å². The number of hydrogen-bond donors (Lipinski definition) is 1. The summed E-state index contributed by atoms with van der Waals surface area (Å²) in [5, 5.41) is 3.16. The van der Waals surface area contributed by atoms with E-state index in [1.54, 1.807) is 8.61 Å². The maximum Gasteiger partial charge on any atom is 0.282 e. The molecule has 0 saturated carbocycles. The number of aromatic nitrogens is 2. The van der Waals surface area contributed by atoms with E-state index in [4.69, 9.17) is 0 Å². The number of hydrogen-bond acceptors (Lipinski definition) is 6. The summed E-state index contributed by atoms with van der Waals surface area (Å²) in [5.41, 5.74) is 1.05. The van der Waals surface area contributed by atoms with Gasteiger partial charge in [-0.15, -0.1) is 0 Å². The Bertz CT molecular complexity index is 637. The van der Waals surface area contributed by atoms with Gasteiger partial charge >= 0.3 is 0 Å². The fourth-order valence-electron chi connectivity index (χ4n) is 3.22. The molecule has 0 amide bonds. The molecule has 2 fully saturated rings. The first-order chi connectivity index (χ1) is 12.1. The van der Waals surface area contributed by atoms with Crippen LogP contribution in [0.3, 0.4) is 0 Å². The van der Waals surface area contributed by atoms with Crippen LogP contribution in [-0.4, -0.2) is 77.7 Å². The highest BCUT2D eigenvalue weighted by Crippen LogP contribution is 2.18. The molecule has 0 radical (unpaired) electrons. The van der Waals surface area contributed by atoms with E-state index in [1.807, 2.05) is 12.4 Å². The number of nitrogens with one attached hydrogen (secondary N) is 1. The molecular weight excluding hydrogens is 340 g/mol. The van der Waals surface area contributed by atoms with Crippen molar-refractivity contribution in [1.29, 1.82) is 0 Å². The Morgan fingerprint density at radius 3 is 2.20 bits per heavy atom. The van der Waals surface area contributed by atoms with Crippen LogP contribution in [0.15, 0.2) is 12.4 Å². The highest BCUT2D eigenvalue weighted by molar-refractivity contribution is 7.86. The zero-order valence-electron chi connectivity index (χ0n) is 14.9. The first kappa shape index (κ1) is 18.5. The fraction of sp³-hybridized carbons (Fsp3) is 0.750. The molecular formula is C16H28N6O2S. The third-order valence-electron chi connectivity index (χ3n) is 4.69. The summed E-state index contributed by atoms with van der Waals surface area (Å²) in [7, 11) is -3.27. The van der Waals surface area contributed by atoms with Crippen LogP contribution in [0, 0.1) is 0 Å². The average molecular weight is 369 g/mol. The van der Waals surface area contributed by atoms with Crippen molar-refractivity contribution in [3.8, 4) is 0 Å². The maximum atomic E-state index is 12.6. The summed E-state index contributed by atoms with van der Waals surface area (Å²) in [6.07, 6.45) is 6.68. The molecule has 0 aromatic carbocycles. The van der Waals surface area contributed by atoms with Crippen molar-refractivity contribution in [3.05, 3.63) is 18.0 Å². The Kier molecular flexibility index (Phi) is 6.21. The Hall–Kier alpha value is -1.29. The van der Waals surface area contributed by atoms with Crippen molar-refractivity contribution in [2.75, 3.05) is 51.1 Å². The molecule has 0 spiro atoms. The van der Waals surface area contributed by atoms with Crippen LogP contribution in [0.1, 0.15) is 31.7 Å². The van der Waals surface area contributed by atoms with Crippen LogP contribution in [0.2, 0.25) is 0 Å². The van der Waals surface area contributed by atoms with Gasteiger partial charge in [0.2, 0.25) is 5.95 Å². The Morgan fingerprint density at radius 1 is 1.00 bits per heavy atom. The van der Waals surface area contributed by atoms with E-state index in [0.717, 1.165) is 51.0 Å². The minimum atomic E-state index is -3.27. The minimum absolute atomic E-state index is 0.551. The molecule has 0 aliphatic carbocycles. The van der Waals surface area contributed by atoms with Crippen molar-refractivity contribution >= 4 is 16.2 Å². The molecule has 8 nitrogen and oxygen atoms in total. The van der Waals surface area contributed by atoms with Crippen LogP contribution >= 0.6 is 0 Å². The first-order valence-electron chi connectivity index (χ1n) is 9.12. The summed E-state index contributed by atoms with van der Waals surface area (Å²) in [5.74, 6) is 0.659. The molecule has 0 bridgehead atoms. The quantitative estimate of drug-likeness (QED) is 0.765. The monoisotopic (exact) mass is 368 g/mol. The molecule has 1 aromatic heterocycles. The summed E-state index contributed by atoms with van der Waals surface area (Å²) in [6, 6.07) is 0. The topological polar surface area (TPSA) is 81.7 Å². The zero-order valence-corrected chi connectivity index (χ0v) is 15.7. The molecule has 1 aromatic rings. The molecule has 9 heteroatoms. The van der Waals surface area contributed by atoms with E-state index >= 15 is 0 Å². The molecule has 0 unspecified atom stereocenters. The zero-order chi connectivity index (χ0) is 17.7. The second-order valence-electron chi connectivity index (χ2n) is 6.63. The molecule has 2 aliphatic heterocycles. The molecule has 25 heavy (non-hydrogen) atoms. The van der Waals surface area contributed by atoms with E-state index in [2.05, 4.69) is 27.1 Å². The van der Waals surface area contributed by atoms with Crippen molar-refractivity contribution < 1.29 is 8.42 Å². The minimum Gasteiger partial charge on any atom is -0.354 e. The van der Waals surface area contributed by atoms with Gasteiger partial charge in [0.15, 0.2) is 0 Å². The van der Waals surface area contributed by atoms with Gasteiger partial charge in [-0.1, -0.05) is 6.92 Å². The summed E-state index contributed by atoms with van der Waals surface area (Å²) >= 11 is 0. The lowest BCUT2D eigenvalue weighted by atomic mass is 10.3. The van der Waals surface area contributed by atoms with Gasteiger partial charge in [-0.05, 0) is 19.3 Å². The smallest absolute Gasteiger partial charge is 0.282 e. The Balaban J connectivity index is 1.49. The third-order valence-corrected chi connectivity index (χ3v) is 6.73. The highest BCUT2D eigenvalue weighted by atomic mass is 32.2. The Morgan fingerprint density at radius 2 is 1.60 bits per heavy atom. The molecule has 1 N–H and O–H groups in total. The fourth-order valence-corrected chi connectivity index (χ4v) is 4.89. The van der Waals surface area contributed by atoms with E-state index in [0.29, 0.717) is 32.1 Å². The summed E-state index contributed by atoms with van der Waals surface area (Å²) in [4.78, 5) is 10.9. The van der Waals surface area contributed by atoms with Crippen molar-refractivity contribution in [1.82, 2.24) is 23.5 Å². The SMILES string of the molecule is CCCNc1ncc(CN2CCN(S(=O)(=O)N3CCCC3)CC2)cn1. The lowest BCUT2D eigenvalue weighted by Crippen LogP contribution is -2.52. The number of piperazine rings is 1. The lowest BCUT2D eigenvalue weighted by molar-refractivity contribution is 0.176. The van der Waals surface area contributed by atoms with Crippen LogP contribution in [0.25, 0.3) is 0 Å². The maximum absolute atomic E-state index is 12.6. The van der Waals surface area contributed by atoms with Gasteiger partial charge in [-0.25, -0.2) is 9.97 Å². The largest absolute Gasteiger partial charge is 0.354 e. The van der Waals surface area contributed by atoms with E-state index in [1.165, 1.54) is 0 Å². The lowest BCUT2D eigenvalue weighted by Gasteiger charge is -2.35. The number of rotatable bonds is 7. The van der Waals surface area contributed by atoms with Crippen LogP contribution in [-0.2, 0) is 16.8 Å². The summed E-state index contributed by atoms with van der Waals surface area (Å²) in [6.45, 7) is 7.64. The van der Waals surface area contributed by atoms with E-state index < -0.39 is 10.2 Å². The van der Waals surface area contributed by atoms with Gasteiger partial charge in [-0.3, -0.25) is 4.90 Å². The molecule has 2 saturated heterocycles. The van der Waals surface area contributed by atoms with Crippen LogP contribution in [0.5, 0.6) is 0 Å². The highest BCUT2D eigenvalue weighted by Gasteiger charge is 2.33. The number of anilines is 1. The Labute approximate surface area is 150 Å². The van der Waals surface area contributed by atoms with Gasteiger partial charge < -0.3 is 5.32 Å². The average Bonchev–Trinajstić information content (AvgIpc) is 3.17. The molecule has 3 heterocycles. The van der Waals surface area contributed by atoms with Crippen molar-refractivity contribution in [2.45, 2.75) is 32.7 Å². The predicted molar refractivity (Wildman–Crippen MR) is 97.4 cm³/mol. The molecule has 2 aliphatic rings. The van der Waals surface area contributed by atoms with E-state index in [-0.39, 0.29) is 0 Å². The first-order valence-corrected chi connectivity index (χ1v) is 10.5. The van der Waals surface area contributed by atoms with Crippen molar-refractivity contribution in [3.63, 3.8) is 0 Å². The van der Waals surface area contributed by atoms with Gasteiger partial charge in [-0.2, -0.15) is 17.0 Å². The molecule has 140 valence electrons. The molecule has 0 atom stereocenters. The third kappa shape index (κ3) is 4.66. The van der Waals surface area contributed by atoms with Crippen molar-refractivity contribution in [2.24, 2.45) is 0 Å². The van der Waals surface area contributed by atoms with Gasteiger partial charge in [0.05, 0.1) is 0 Å². The van der Waals surface area contributed by atoms with Crippen LogP contribution in [0.4, 0.5) is 5.95 Å². The second-order valence-corrected chi connectivity index (χ2v) is 8.56. The normalized spacial score (nSPS) is 20.8. The standard InChI is InChI=1S/C16H28N6O2S/c1-2-5-17-16-18-12-15(13-19-16)14-20-8-10-22(11-9-20)25(23,24)21-6-3-4-7-21/h12-13H,2-11,14H2,1H3,(H,17,18,19). The second kappa shape index (κ2) is 8.39. The van der Waals surface area contributed by atoms with Gasteiger partial charge in [0.25, 0.3) is 10.2 Å². The molecule has 3 rings (SSSR count).